The molecule has 166 valence electrons. The third-order valence-corrected chi connectivity index (χ3v) is 5.78. The number of hydrogen-bond donors (Lipinski definition) is 1. The van der Waals surface area contributed by atoms with E-state index in [0.29, 0.717) is 31.2 Å². The second-order valence-electron chi connectivity index (χ2n) is 7.90. The van der Waals surface area contributed by atoms with Crippen molar-refractivity contribution in [2.24, 2.45) is 0 Å². The van der Waals surface area contributed by atoms with Crippen LogP contribution in [0.4, 0.5) is 0 Å². The van der Waals surface area contributed by atoms with E-state index in [2.05, 4.69) is 4.98 Å². The Bertz CT molecular complexity index is 1100. The lowest BCUT2D eigenvalue weighted by Crippen LogP contribution is -2.39. The van der Waals surface area contributed by atoms with Crippen LogP contribution in [-0.2, 0) is 17.6 Å². The van der Waals surface area contributed by atoms with E-state index in [1.165, 1.54) is 0 Å². The molecule has 0 saturated carbocycles. The molecule has 0 saturated heterocycles. The maximum atomic E-state index is 12.0. The molecule has 0 spiro atoms. The maximum Gasteiger partial charge on any atom is 0.325 e. The topological polar surface area (TPSA) is 75.8 Å². The second kappa shape index (κ2) is 9.83. The van der Waals surface area contributed by atoms with Gasteiger partial charge in [-0.3, -0.25) is 9.69 Å². The van der Waals surface area contributed by atoms with Gasteiger partial charge in [0.25, 0.3) is 0 Å². The van der Waals surface area contributed by atoms with Crippen LogP contribution in [0.1, 0.15) is 35.5 Å². The number of aryl methyl sites for hydroxylation is 1. The van der Waals surface area contributed by atoms with E-state index in [4.69, 9.17) is 9.15 Å². The highest BCUT2D eigenvalue weighted by Gasteiger charge is 2.32. The molecule has 1 aromatic heterocycles. The van der Waals surface area contributed by atoms with E-state index in [-0.39, 0.29) is 0 Å². The second-order valence-corrected chi connectivity index (χ2v) is 7.90. The van der Waals surface area contributed by atoms with Crippen molar-refractivity contribution in [3.8, 4) is 17.2 Å². The Morgan fingerprint density at radius 2 is 2.09 bits per heavy atom. The molecule has 6 heteroatoms. The molecular weight excluding hydrogens is 404 g/mol. The summed E-state index contributed by atoms with van der Waals surface area (Å²) >= 11 is 0. The van der Waals surface area contributed by atoms with Crippen LogP contribution in [0.2, 0.25) is 0 Å². The highest BCUT2D eigenvalue weighted by atomic mass is 16.5. The Balaban J connectivity index is 1.45. The molecule has 32 heavy (non-hydrogen) atoms. The standard InChI is InChI=1S/C26H28N2O4/c1-3-4-14-28-15-12-19-10-11-21(17-22(19)24(28)26(29)30)31-16-13-23-18(2)32-25(27-23)20-8-6-5-7-9-20/h3-11,17,24H,12-16H2,1-2H3,(H,29,30). The van der Waals surface area contributed by atoms with Crippen molar-refractivity contribution in [1.82, 2.24) is 9.88 Å². The first-order valence-electron chi connectivity index (χ1n) is 10.9. The van der Waals surface area contributed by atoms with Crippen LogP contribution in [0.5, 0.6) is 5.75 Å². The molecule has 3 aromatic rings. The van der Waals surface area contributed by atoms with Gasteiger partial charge in [0.1, 0.15) is 17.6 Å². The summed E-state index contributed by atoms with van der Waals surface area (Å²) in [7, 11) is 0. The Morgan fingerprint density at radius 3 is 2.84 bits per heavy atom. The third kappa shape index (κ3) is 4.75. The fraction of sp³-hybridized carbons (Fsp3) is 0.308. The molecule has 1 unspecified atom stereocenters. The molecule has 1 aliphatic rings. The van der Waals surface area contributed by atoms with E-state index < -0.39 is 12.0 Å². The minimum absolute atomic E-state index is 0.431. The molecule has 6 nitrogen and oxygen atoms in total. The number of hydrogen-bond acceptors (Lipinski definition) is 5. The Kier molecular flexibility index (Phi) is 6.71. The van der Waals surface area contributed by atoms with Crippen molar-refractivity contribution in [3.63, 3.8) is 0 Å². The van der Waals surface area contributed by atoms with E-state index in [1.807, 2.05) is 79.4 Å². The zero-order valence-electron chi connectivity index (χ0n) is 18.5. The van der Waals surface area contributed by atoms with E-state index in [0.717, 1.165) is 41.1 Å². The van der Waals surface area contributed by atoms with Crippen LogP contribution in [0.25, 0.3) is 11.5 Å². The molecule has 0 aliphatic carbocycles. The van der Waals surface area contributed by atoms with Crippen molar-refractivity contribution in [2.75, 3.05) is 19.7 Å². The fourth-order valence-corrected chi connectivity index (χ4v) is 4.09. The van der Waals surface area contributed by atoms with E-state index in [9.17, 15) is 9.90 Å². The summed E-state index contributed by atoms with van der Waals surface area (Å²) in [6.45, 7) is 5.63. The minimum Gasteiger partial charge on any atom is -0.493 e. The average Bonchev–Trinajstić information content (AvgIpc) is 3.18. The highest BCUT2D eigenvalue weighted by Crippen LogP contribution is 2.33. The maximum absolute atomic E-state index is 12.0. The van der Waals surface area contributed by atoms with Crippen LogP contribution in [0.15, 0.2) is 65.1 Å². The van der Waals surface area contributed by atoms with Crippen LogP contribution in [0.3, 0.4) is 0 Å². The molecule has 0 fully saturated rings. The summed E-state index contributed by atoms with van der Waals surface area (Å²) in [5, 5.41) is 9.87. The van der Waals surface area contributed by atoms with Crippen molar-refractivity contribution >= 4 is 5.97 Å². The summed E-state index contributed by atoms with van der Waals surface area (Å²) in [5.41, 5.74) is 3.69. The lowest BCUT2D eigenvalue weighted by Gasteiger charge is -2.34. The number of rotatable bonds is 8. The lowest BCUT2D eigenvalue weighted by molar-refractivity contribution is -0.143. The van der Waals surface area contributed by atoms with Crippen molar-refractivity contribution < 1.29 is 19.1 Å². The molecule has 2 aromatic carbocycles. The smallest absolute Gasteiger partial charge is 0.325 e. The van der Waals surface area contributed by atoms with Crippen LogP contribution < -0.4 is 4.74 Å². The molecule has 0 radical (unpaired) electrons. The SMILES string of the molecule is CC=CCN1CCc2ccc(OCCc3nc(-c4ccccc4)oc3C)cc2C1C(=O)O. The number of carbonyl (C=O) groups is 1. The lowest BCUT2D eigenvalue weighted by atomic mass is 9.92. The molecule has 1 atom stereocenters. The van der Waals surface area contributed by atoms with Gasteiger partial charge in [0, 0.05) is 25.1 Å². The van der Waals surface area contributed by atoms with Gasteiger partial charge >= 0.3 is 5.97 Å². The van der Waals surface area contributed by atoms with Gasteiger partial charge in [0.2, 0.25) is 5.89 Å². The van der Waals surface area contributed by atoms with Crippen LogP contribution in [-0.4, -0.2) is 40.7 Å². The number of carboxylic acid groups (broad SMARTS) is 1. The molecule has 0 bridgehead atoms. The first kappa shape index (κ1) is 21.8. The van der Waals surface area contributed by atoms with Gasteiger partial charge in [-0.2, -0.15) is 0 Å². The normalized spacial score (nSPS) is 16.2. The average molecular weight is 433 g/mol. The fourth-order valence-electron chi connectivity index (χ4n) is 4.09. The zero-order valence-corrected chi connectivity index (χ0v) is 18.5. The number of nitrogens with zero attached hydrogens (tertiary/aromatic N) is 2. The number of oxazole rings is 1. The number of aromatic nitrogens is 1. The number of benzene rings is 2. The van der Waals surface area contributed by atoms with Crippen molar-refractivity contribution in [1.29, 1.82) is 0 Å². The van der Waals surface area contributed by atoms with Crippen molar-refractivity contribution in [3.05, 3.63) is 83.3 Å². The van der Waals surface area contributed by atoms with Gasteiger partial charge in [-0.05, 0) is 55.7 Å². The van der Waals surface area contributed by atoms with Gasteiger partial charge in [0.15, 0.2) is 0 Å². The summed E-state index contributed by atoms with van der Waals surface area (Å²) in [5.74, 6) is 1.23. The zero-order chi connectivity index (χ0) is 22.5. The predicted molar refractivity (Wildman–Crippen MR) is 123 cm³/mol. The quantitative estimate of drug-likeness (QED) is 0.514. The Morgan fingerprint density at radius 1 is 1.28 bits per heavy atom. The molecule has 4 rings (SSSR count). The van der Waals surface area contributed by atoms with Gasteiger partial charge in [-0.25, -0.2) is 4.98 Å². The highest BCUT2D eigenvalue weighted by molar-refractivity contribution is 5.77. The van der Waals surface area contributed by atoms with Gasteiger partial charge in [-0.1, -0.05) is 36.4 Å². The summed E-state index contributed by atoms with van der Waals surface area (Å²) in [6, 6.07) is 14.9. The van der Waals surface area contributed by atoms with Gasteiger partial charge in [-0.15, -0.1) is 0 Å². The molecule has 0 amide bonds. The largest absolute Gasteiger partial charge is 0.493 e. The monoisotopic (exact) mass is 432 g/mol. The first-order valence-corrected chi connectivity index (χ1v) is 10.9. The third-order valence-electron chi connectivity index (χ3n) is 5.78. The Hall–Kier alpha value is -3.38. The molecular formula is C26H28N2O4. The van der Waals surface area contributed by atoms with E-state index >= 15 is 0 Å². The number of ether oxygens (including phenoxy) is 1. The van der Waals surface area contributed by atoms with Gasteiger partial charge < -0.3 is 14.3 Å². The molecule has 1 aliphatic heterocycles. The number of aliphatic carboxylic acids is 1. The number of fused-ring (bicyclic) bond motifs is 1. The van der Waals surface area contributed by atoms with Crippen LogP contribution in [0, 0.1) is 6.92 Å². The molecule has 2 heterocycles. The molecule has 1 N–H and O–H groups in total. The first-order chi connectivity index (χ1) is 15.6. The van der Waals surface area contributed by atoms with Crippen molar-refractivity contribution in [2.45, 2.75) is 32.7 Å². The van der Waals surface area contributed by atoms with Gasteiger partial charge in [0.05, 0.1) is 12.3 Å². The summed E-state index contributed by atoms with van der Waals surface area (Å²) < 4.78 is 11.8. The Labute approximate surface area is 188 Å². The summed E-state index contributed by atoms with van der Waals surface area (Å²) in [6.07, 6.45) is 5.38. The summed E-state index contributed by atoms with van der Waals surface area (Å²) in [4.78, 5) is 18.6. The van der Waals surface area contributed by atoms with Crippen LogP contribution >= 0.6 is 0 Å². The minimum atomic E-state index is -0.834. The number of allylic oxidation sites excluding steroid dienone is 1. The van der Waals surface area contributed by atoms with E-state index in [1.54, 1.807) is 0 Å². The predicted octanol–water partition coefficient (Wildman–Crippen LogP) is 4.83. The number of carboxylic acids is 1.